The van der Waals surface area contributed by atoms with E-state index in [2.05, 4.69) is 17.3 Å². The summed E-state index contributed by atoms with van der Waals surface area (Å²) in [5.41, 5.74) is 1.12. The van der Waals surface area contributed by atoms with Gasteiger partial charge in [0.25, 0.3) is 0 Å². The topological polar surface area (TPSA) is 54.0 Å². The van der Waals surface area contributed by atoms with E-state index in [-0.39, 0.29) is 11.8 Å². The van der Waals surface area contributed by atoms with E-state index in [0.717, 1.165) is 37.6 Å². The van der Waals surface area contributed by atoms with Crippen LogP contribution in [0.25, 0.3) is 0 Å². The second-order valence-corrected chi connectivity index (χ2v) is 4.84. The molecule has 1 aromatic rings. The standard InChI is InChI=1S/C14H22N2O3/c1-16(7-8-18-2)6-5-15-13-10-19-14-9-11(17)3-4-12(13)14/h3-4,9,13,15,17H,5-8,10H2,1-2H3. The summed E-state index contributed by atoms with van der Waals surface area (Å²) in [6.45, 7) is 4.18. The molecule has 1 aromatic carbocycles. The first kappa shape index (κ1) is 14.1. The number of benzene rings is 1. The molecule has 1 atom stereocenters. The molecule has 1 aliphatic rings. The lowest BCUT2D eigenvalue weighted by molar-refractivity contribution is 0.160. The number of ether oxygens (including phenoxy) is 2. The molecule has 2 N–H and O–H groups in total. The molecule has 1 unspecified atom stereocenters. The van der Waals surface area contributed by atoms with E-state index in [4.69, 9.17) is 9.47 Å². The number of methoxy groups -OCH3 is 1. The third-order valence-corrected chi connectivity index (χ3v) is 3.34. The van der Waals surface area contributed by atoms with Crippen molar-refractivity contribution in [3.05, 3.63) is 23.8 Å². The molecule has 0 bridgehead atoms. The number of nitrogens with zero attached hydrogens (tertiary/aromatic N) is 1. The van der Waals surface area contributed by atoms with Crippen LogP contribution < -0.4 is 10.1 Å². The minimum absolute atomic E-state index is 0.214. The smallest absolute Gasteiger partial charge is 0.127 e. The zero-order valence-electron chi connectivity index (χ0n) is 11.6. The molecule has 0 aromatic heterocycles. The van der Waals surface area contributed by atoms with Gasteiger partial charge in [0.2, 0.25) is 0 Å². The first-order chi connectivity index (χ1) is 9.20. The molecular formula is C14H22N2O3. The largest absolute Gasteiger partial charge is 0.508 e. The second kappa shape index (κ2) is 6.75. The maximum absolute atomic E-state index is 9.40. The van der Waals surface area contributed by atoms with E-state index in [9.17, 15) is 5.11 Å². The number of phenolic OH excluding ortho intramolecular Hbond substituents is 1. The molecule has 0 fully saturated rings. The highest BCUT2D eigenvalue weighted by Crippen LogP contribution is 2.34. The first-order valence-corrected chi connectivity index (χ1v) is 6.57. The van der Waals surface area contributed by atoms with Crippen LogP contribution in [0.3, 0.4) is 0 Å². The van der Waals surface area contributed by atoms with E-state index >= 15 is 0 Å². The Morgan fingerprint density at radius 3 is 3.11 bits per heavy atom. The second-order valence-electron chi connectivity index (χ2n) is 4.84. The van der Waals surface area contributed by atoms with Gasteiger partial charge in [0.05, 0.1) is 12.6 Å². The van der Waals surface area contributed by atoms with E-state index in [1.54, 1.807) is 19.2 Å². The molecule has 19 heavy (non-hydrogen) atoms. The fourth-order valence-corrected chi connectivity index (χ4v) is 2.16. The number of aromatic hydroxyl groups is 1. The third-order valence-electron chi connectivity index (χ3n) is 3.34. The van der Waals surface area contributed by atoms with Crippen molar-refractivity contribution in [2.75, 3.05) is 47.0 Å². The highest BCUT2D eigenvalue weighted by molar-refractivity contribution is 5.44. The molecule has 0 spiro atoms. The van der Waals surface area contributed by atoms with Crippen LogP contribution in [-0.2, 0) is 4.74 Å². The Labute approximate surface area is 114 Å². The van der Waals surface area contributed by atoms with Crippen LogP contribution in [0.2, 0.25) is 0 Å². The molecule has 2 rings (SSSR count). The molecule has 1 heterocycles. The fraction of sp³-hybridized carbons (Fsp3) is 0.571. The summed E-state index contributed by atoms with van der Waals surface area (Å²) in [6, 6.07) is 5.50. The molecular weight excluding hydrogens is 244 g/mol. The maximum atomic E-state index is 9.40. The zero-order chi connectivity index (χ0) is 13.7. The predicted octanol–water partition coefficient (Wildman–Crippen LogP) is 0.994. The average Bonchev–Trinajstić information content (AvgIpc) is 2.79. The van der Waals surface area contributed by atoms with Crippen LogP contribution in [-0.4, -0.2) is 57.0 Å². The van der Waals surface area contributed by atoms with Crippen molar-refractivity contribution in [1.82, 2.24) is 10.2 Å². The van der Waals surface area contributed by atoms with Crippen molar-refractivity contribution in [2.24, 2.45) is 0 Å². The van der Waals surface area contributed by atoms with Crippen LogP contribution in [0.5, 0.6) is 11.5 Å². The van der Waals surface area contributed by atoms with Crippen LogP contribution in [0.15, 0.2) is 18.2 Å². The molecule has 0 radical (unpaired) electrons. The Kier molecular flexibility index (Phi) is 5.01. The van der Waals surface area contributed by atoms with E-state index in [0.29, 0.717) is 6.61 Å². The lowest BCUT2D eigenvalue weighted by Gasteiger charge is -2.18. The van der Waals surface area contributed by atoms with Crippen molar-refractivity contribution in [3.8, 4) is 11.5 Å². The van der Waals surface area contributed by atoms with Crippen LogP contribution >= 0.6 is 0 Å². The predicted molar refractivity (Wildman–Crippen MR) is 73.7 cm³/mol. The van der Waals surface area contributed by atoms with E-state index in [1.807, 2.05) is 6.07 Å². The Morgan fingerprint density at radius 2 is 2.32 bits per heavy atom. The van der Waals surface area contributed by atoms with Gasteiger partial charge in [-0.15, -0.1) is 0 Å². The van der Waals surface area contributed by atoms with Gasteiger partial charge in [0.1, 0.15) is 18.1 Å². The van der Waals surface area contributed by atoms with Gasteiger partial charge in [-0.1, -0.05) is 0 Å². The van der Waals surface area contributed by atoms with Crippen molar-refractivity contribution >= 4 is 0 Å². The lowest BCUT2D eigenvalue weighted by atomic mass is 10.1. The molecule has 0 aliphatic carbocycles. The number of hydrogen-bond acceptors (Lipinski definition) is 5. The van der Waals surface area contributed by atoms with Crippen molar-refractivity contribution in [3.63, 3.8) is 0 Å². The number of nitrogens with one attached hydrogen (secondary N) is 1. The van der Waals surface area contributed by atoms with Gasteiger partial charge in [-0.3, -0.25) is 0 Å². The lowest BCUT2D eigenvalue weighted by Crippen LogP contribution is -2.33. The first-order valence-electron chi connectivity index (χ1n) is 6.57. The normalized spacial score (nSPS) is 17.5. The molecule has 0 saturated carbocycles. The number of likely N-dealkylation sites (N-methyl/N-ethyl adjacent to an activating group) is 1. The molecule has 5 nitrogen and oxygen atoms in total. The van der Waals surface area contributed by atoms with Crippen molar-refractivity contribution in [1.29, 1.82) is 0 Å². The molecule has 106 valence electrons. The summed E-state index contributed by atoms with van der Waals surface area (Å²) in [6.07, 6.45) is 0. The van der Waals surface area contributed by atoms with Crippen LogP contribution in [0.4, 0.5) is 0 Å². The van der Waals surface area contributed by atoms with Gasteiger partial charge in [0, 0.05) is 38.4 Å². The highest BCUT2D eigenvalue weighted by Gasteiger charge is 2.23. The number of hydrogen-bond donors (Lipinski definition) is 2. The maximum Gasteiger partial charge on any atom is 0.127 e. The monoisotopic (exact) mass is 266 g/mol. The summed E-state index contributed by atoms with van der Waals surface area (Å²) in [7, 11) is 3.80. The summed E-state index contributed by atoms with van der Waals surface area (Å²) in [4.78, 5) is 2.23. The van der Waals surface area contributed by atoms with E-state index < -0.39 is 0 Å². The Bertz CT molecular complexity index is 412. The molecule has 5 heteroatoms. The van der Waals surface area contributed by atoms with Crippen LogP contribution in [0, 0.1) is 0 Å². The van der Waals surface area contributed by atoms with Gasteiger partial charge < -0.3 is 24.8 Å². The highest BCUT2D eigenvalue weighted by atomic mass is 16.5. The molecule has 0 amide bonds. The third kappa shape index (κ3) is 3.83. The summed E-state index contributed by atoms with van der Waals surface area (Å²) in [5, 5.41) is 12.9. The van der Waals surface area contributed by atoms with Gasteiger partial charge >= 0.3 is 0 Å². The summed E-state index contributed by atoms with van der Waals surface area (Å²) >= 11 is 0. The SMILES string of the molecule is COCCN(C)CCNC1COc2cc(O)ccc21. The van der Waals surface area contributed by atoms with Gasteiger partial charge in [-0.25, -0.2) is 0 Å². The number of fused-ring (bicyclic) bond motifs is 1. The Hall–Kier alpha value is -1.30. The van der Waals surface area contributed by atoms with Crippen LogP contribution in [0.1, 0.15) is 11.6 Å². The van der Waals surface area contributed by atoms with E-state index in [1.165, 1.54) is 0 Å². The summed E-state index contributed by atoms with van der Waals surface area (Å²) in [5.74, 6) is 1.03. The minimum Gasteiger partial charge on any atom is -0.508 e. The van der Waals surface area contributed by atoms with Crippen molar-refractivity contribution in [2.45, 2.75) is 6.04 Å². The molecule has 0 saturated heterocycles. The average molecular weight is 266 g/mol. The van der Waals surface area contributed by atoms with Gasteiger partial charge in [0.15, 0.2) is 0 Å². The number of rotatable bonds is 7. The fourth-order valence-electron chi connectivity index (χ4n) is 2.16. The quantitative estimate of drug-likeness (QED) is 0.771. The van der Waals surface area contributed by atoms with Gasteiger partial charge in [-0.05, 0) is 19.2 Å². The van der Waals surface area contributed by atoms with Gasteiger partial charge in [-0.2, -0.15) is 0 Å². The molecule has 1 aliphatic heterocycles. The number of phenols is 1. The van der Waals surface area contributed by atoms with Crippen molar-refractivity contribution < 1.29 is 14.6 Å². The Balaban J connectivity index is 1.77. The zero-order valence-corrected chi connectivity index (χ0v) is 11.6. The minimum atomic E-state index is 0.214. The summed E-state index contributed by atoms with van der Waals surface area (Å²) < 4.78 is 10.6. The Morgan fingerprint density at radius 1 is 1.47 bits per heavy atom.